The van der Waals surface area contributed by atoms with Crippen molar-refractivity contribution in [2.24, 2.45) is 4.99 Å². The molecular formula is C13H26IN3O2. The van der Waals surface area contributed by atoms with Crippen molar-refractivity contribution in [1.82, 2.24) is 10.6 Å². The number of nitrogens with zero attached hydrogens (tertiary/aromatic N) is 1. The summed E-state index contributed by atoms with van der Waals surface area (Å²) in [6.07, 6.45) is 6.43. The monoisotopic (exact) mass is 383 g/mol. The fraction of sp³-hybridized carbons (Fsp3) is 0.692. The van der Waals surface area contributed by atoms with Crippen molar-refractivity contribution >= 4 is 35.9 Å². The average molecular weight is 383 g/mol. The van der Waals surface area contributed by atoms with Gasteiger partial charge in [-0.3, -0.25) is 9.79 Å². The van der Waals surface area contributed by atoms with Gasteiger partial charge in [-0.1, -0.05) is 18.9 Å². The molecule has 0 aromatic heterocycles. The van der Waals surface area contributed by atoms with Crippen LogP contribution in [-0.4, -0.2) is 39.2 Å². The summed E-state index contributed by atoms with van der Waals surface area (Å²) < 4.78 is 4.58. The number of methoxy groups -OCH3 is 1. The highest BCUT2D eigenvalue weighted by Gasteiger charge is 1.99. The molecule has 0 atom stereocenters. The first-order valence-corrected chi connectivity index (χ1v) is 6.36. The molecule has 19 heavy (non-hydrogen) atoms. The Morgan fingerprint density at radius 3 is 2.53 bits per heavy atom. The molecule has 112 valence electrons. The minimum absolute atomic E-state index is 0. The zero-order chi connectivity index (χ0) is 13.6. The number of rotatable bonds is 9. The Bertz CT molecular complexity index is 271. The molecule has 0 rings (SSSR count). The van der Waals surface area contributed by atoms with Crippen LogP contribution in [-0.2, 0) is 9.53 Å². The number of hydrogen-bond donors (Lipinski definition) is 2. The number of hydrogen-bond acceptors (Lipinski definition) is 3. The van der Waals surface area contributed by atoms with Gasteiger partial charge in [0.25, 0.3) is 0 Å². The first-order valence-electron chi connectivity index (χ1n) is 6.36. The van der Waals surface area contributed by atoms with Crippen LogP contribution in [0.15, 0.2) is 17.6 Å². The molecule has 0 saturated carbocycles. The maximum Gasteiger partial charge on any atom is 0.305 e. The molecule has 0 unspecified atom stereocenters. The molecule has 0 saturated heterocycles. The minimum atomic E-state index is -0.123. The van der Waals surface area contributed by atoms with E-state index in [9.17, 15) is 4.79 Å². The molecule has 0 aliphatic rings. The van der Waals surface area contributed by atoms with E-state index in [0.717, 1.165) is 38.2 Å². The molecule has 2 N–H and O–H groups in total. The van der Waals surface area contributed by atoms with Crippen molar-refractivity contribution < 1.29 is 9.53 Å². The Hall–Kier alpha value is -0.790. The number of guanidine groups is 1. The molecule has 0 amide bonds. The van der Waals surface area contributed by atoms with E-state index in [1.165, 1.54) is 7.11 Å². The molecule has 0 radical (unpaired) electrons. The topological polar surface area (TPSA) is 62.7 Å². The summed E-state index contributed by atoms with van der Waals surface area (Å²) in [4.78, 5) is 14.9. The largest absolute Gasteiger partial charge is 0.469 e. The van der Waals surface area contributed by atoms with Crippen LogP contribution in [0.5, 0.6) is 0 Å². The van der Waals surface area contributed by atoms with Gasteiger partial charge in [0.15, 0.2) is 5.96 Å². The fourth-order valence-electron chi connectivity index (χ4n) is 1.45. The van der Waals surface area contributed by atoms with Gasteiger partial charge in [-0.15, -0.1) is 30.6 Å². The summed E-state index contributed by atoms with van der Waals surface area (Å²) in [6.45, 7) is 5.23. The van der Waals surface area contributed by atoms with Gasteiger partial charge in [0, 0.05) is 26.6 Å². The number of carbonyl (C=O) groups is 1. The SMILES string of the molecule is C=CCNC(=NC)NCCCCCCC(=O)OC.I. The maximum absolute atomic E-state index is 10.9. The number of unbranched alkanes of at least 4 members (excludes halogenated alkanes) is 3. The lowest BCUT2D eigenvalue weighted by atomic mass is 10.1. The predicted molar refractivity (Wildman–Crippen MR) is 90.1 cm³/mol. The summed E-state index contributed by atoms with van der Waals surface area (Å²) in [5.41, 5.74) is 0. The Labute approximate surface area is 133 Å². The molecule has 0 aliphatic carbocycles. The number of carbonyl (C=O) groups excluding carboxylic acids is 1. The second kappa shape index (κ2) is 15.3. The second-order valence-corrected chi connectivity index (χ2v) is 3.91. The summed E-state index contributed by atoms with van der Waals surface area (Å²) >= 11 is 0. The molecule has 0 fully saturated rings. The van der Waals surface area contributed by atoms with E-state index >= 15 is 0 Å². The Morgan fingerprint density at radius 1 is 1.26 bits per heavy atom. The third-order valence-corrected chi connectivity index (χ3v) is 2.47. The van der Waals surface area contributed by atoms with E-state index in [1.807, 2.05) is 0 Å². The van der Waals surface area contributed by atoms with E-state index in [1.54, 1.807) is 13.1 Å². The van der Waals surface area contributed by atoms with E-state index in [0.29, 0.717) is 13.0 Å². The highest BCUT2D eigenvalue weighted by atomic mass is 127. The molecule has 0 bridgehead atoms. The van der Waals surface area contributed by atoms with Gasteiger partial charge < -0.3 is 15.4 Å². The Morgan fingerprint density at radius 2 is 1.95 bits per heavy atom. The van der Waals surface area contributed by atoms with Crippen LogP contribution in [0.2, 0.25) is 0 Å². The van der Waals surface area contributed by atoms with Crippen molar-refractivity contribution in [3.63, 3.8) is 0 Å². The van der Waals surface area contributed by atoms with Crippen molar-refractivity contribution in [1.29, 1.82) is 0 Å². The quantitative estimate of drug-likeness (QED) is 0.160. The molecule has 6 heteroatoms. The normalized spacial score (nSPS) is 10.3. The van der Waals surface area contributed by atoms with Crippen molar-refractivity contribution in [3.8, 4) is 0 Å². The zero-order valence-corrected chi connectivity index (χ0v) is 14.2. The van der Waals surface area contributed by atoms with Gasteiger partial charge in [0.1, 0.15) is 0 Å². The smallest absolute Gasteiger partial charge is 0.305 e. The standard InChI is InChI=1S/C13H25N3O2.HI/c1-4-10-15-13(14-2)16-11-8-6-5-7-9-12(17)18-3;/h4H,1,5-11H2,2-3H3,(H2,14,15,16);1H. The highest BCUT2D eigenvalue weighted by molar-refractivity contribution is 14.0. The summed E-state index contributed by atoms with van der Waals surface area (Å²) in [7, 11) is 3.17. The average Bonchev–Trinajstić information content (AvgIpc) is 2.40. The number of nitrogens with one attached hydrogen (secondary N) is 2. The molecule has 0 heterocycles. The molecule has 5 nitrogen and oxygen atoms in total. The summed E-state index contributed by atoms with van der Waals surface area (Å²) in [5.74, 6) is 0.673. The second-order valence-electron chi connectivity index (χ2n) is 3.91. The minimum Gasteiger partial charge on any atom is -0.469 e. The van der Waals surface area contributed by atoms with Crippen LogP contribution in [0.25, 0.3) is 0 Å². The summed E-state index contributed by atoms with van der Waals surface area (Å²) in [6, 6.07) is 0. The van der Waals surface area contributed by atoms with Gasteiger partial charge in [-0.25, -0.2) is 0 Å². The van der Waals surface area contributed by atoms with Crippen LogP contribution in [0.3, 0.4) is 0 Å². The lowest BCUT2D eigenvalue weighted by Gasteiger charge is -2.09. The third kappa shape index (κ3) is 13.4. The number of esters is 1. The highest BCUT2D eigenvalue weighted by Crippen LogP contribution is 2.03. The molecule has 0 aromatic carbocycles. The van der Waals surface area contributed by atoms with Gasteiger partial charge in [-0.05, 0) is 12.8 Å². The van der Waals surface area contributed by atoms with Gasteiger partial charge in [-0.2, -0.15) is 0 Å². The molecule has 0 aliphatic heterocycles. The zero-order valence-electron chi connectivity index (χ0n) is 11.9. The van der Waals surface area contributed by atoms with Crippen LogP contribution in [0.1, 0.15) is 32.1 Å². The van der Waals surface area contributed by atoms with Crippen molar-refractivity contribution in [2.45, 2.75) is 32.1 Å². The Kier molecular flexibility index (Phi) is 16.5. The van der Waals surface area contributed by atoms with Crippen molar-refractivity contribution in [2.75, 3.05) is 27.2 Å². The Balaban J connectivity index is 0. The van der Waals surface area contributed by atoms with Crippen LogP contribution in [0, 0.1) is 0 Å². The first kappa shape index (κ1) is 20.5. The van der Waals surface area contributed by atoms with Crippen LogP contribution in [0.4, 0.5) is 0 Å². The van der Waals surface area contributed by atoms with E-state index in [4.69, 9.17) is 0 Å². The third-order valence-electron chi connectivity index (χ3n) is 2.47. The number of ether oxygens (including phenoxy) is 1. The predicted octanol–water partition coefficient (Wildman–Crippen LogP) is 2.08. The van der Waals surface area contributed by atoms with E-state index < -0.39 is 0 Å². The van der Waals surface area contributed by atoms with Gasteiger partial charge in [0.05, 0.1) is 7.11 Å². The number of aliphatic imine (C=N–C) groups is 1. The van der Waals surface area contributed by atoms with E-state index in [2.05, 4.69) is 26.9 Å². The lowest BCUT2D eigenvalue weighted by molar-refractivity contribution is -0.140. The lowest BCUT2D eigenvalue weighted by Crippen LogP contribution is -2.37. The fourth-order valence-corrected chi connectivity index (χ4v) is 1.45. The number of halogens is 1. The molecule has 0 aromatic rings. The molecule has 0 spiro atoms. The van der Waals surface area contributed by atoms with Gasteiger partial charge >= 0.3 is 5.97 Å². The van der Waals surface area contributed by atoms with E-state index in [-0.39, 0.29) is 29.9 Å². The maximum atomic E-state index is 10.9. The van der Waals surface area contributed by atoms with Gasteiger partial charge in [0.2, 0.25) is 0 Å². The summed E-state index contributed by atoms with van der Waals surface area (Å²) in [5, 5.41) is 6.32. The van der Waals surface area contributed by atoms with Crippen LogP contribution < -0.4 is 10.6 Å². The molecular weight excluding hydrogens is 357 g/mol. The van der Waals surface area contributed by atoms with Crippen LogP contribution >= 0.6 is 24.0 Å². The van der Waals surface area contributed by atoms with Crippen molar-refractivity contribution in [3.05, 3.63) is 12.7 Å². The first-order chi connectivity index (χ1) is 8.74.